The molecule has 0 aromatic heterocycles. The molecule has 0 aliphatic heterocycles. The second kappa shape index (κ2) is 6.35. The maximum Gasteiger partial charge on any atom is 0.223 e. The van der Waals surface area contributed by atoms with Crippen LogP contribution in [0.2, 0.25) is 0 Å². The van der Waals surface area contributed by atoms with Crippen LogP contribution in [-0.2, 0) is 11.2 Å². The lowest BCUT2D eigenvalue weighted by molar-refractivity contribution is -0.130. The van der Waals surface area contributed by atoms with E-state index >= 15 is 0 Å². The van der Waals surface area contributed by atoms with Gasteiger partial charge in [0.15, 0.2) is 11.6 Å². The van der Waals surface area contributed by atoms with Gasteiger partial charge in [0, 0.05) is 32.0 Å². The molecule has 2 N–H and O–H groups in total. The molecule has 0 saturated heterocycles. The van der Waals surface area contributed by atoms with E-state index in [1.807, 2.05) is 7.05 Å². The summed E-state index contributed by atoms with van der Waals surface area (Å²) in [4.78, 5) is 14.3. The largest absolute Gasteiger partial charge is 0.345 e. The van der Waals surface area contributed by atoms with Gasteiger partial charge in [-0.25, -0.2) is 8.78 Å². The fourth-order valence-electron chi connectivity index (χ4n) is 4.38. The molecule has 4 atom stereocenters. The summed E-state index contributed by atoms with van der Waals surface area (Å²) in [5, 5.41) is 0. The number of nitrogens with two attached hydrogens (primary N) is 1. The Hall–Kier alpha value is -1.49. The lowest BCUT2D eigenvalue weighted by atomic mass is 9.91. The molecule has 0 bridgehead atoms. The van der Waals surface area contributed by atoms with Crippen LogP contribution in [0.3, 0.4) is 0 Å². The molecule has 1 amide bonds. The highest BCUT2D eigenvalue weighted by molar-refractivity contribution is 5.76. The van der Waals surface area contributed by atoms with Gasteiger partial charge in [0.25, 0.3) is 0 Å². The minimum Gasteiger partial charge on any atom is -0.345 e. The van der Waals surface area contributed by atoms with Crippen LogP contribution in [0.1, 0.15) is 50.7 Å². The summed E-state index contributed by atoms with van der Waals surface area (Å²) in [6.07, 6.45) is 1.66. The predicted octanol–water partition coefficient (Wildman–Crippen LogP) is 3.46. The van der Waals surface area contributed by atoms with Gasteiger partial charge in [0.2, 0.25) is 5.91 Å². The van der Waals surface area contributed by atoms with Crippen molar-refractivity contribution in [3.05, 3.63) is 34.9 Å². The number of amides is 1. The predicted molar refractivity (Wildman–Crippen MR) is 94.1 cm³/mol. The topological polar surface area (TPSA) is 46.3 Å². The Balaban J connectivity index is 1.61. The molecule has 3 rings (SSSR count). The molecular formula is C20H28F2N2O. The molecule has 0 radical (unpaired) electrons. The summed E-state index contributed by atoms with van der Waals surface area (Å²) in [7, 11) is 1.83. The van der Waals surface area contributed by atoms with Gasteiger partial charge >= 0.3 is 0 Å². The van der Waals surface area contributed by atoms with Crippen LogP contribution >= 0.6 is 0 Å². The molecule has 1 aromatic carbocycles. The molecule has 0 spiro atoms. The van der Waals surface area contributed by atoms with Crippen molar-refractivity contribution in [2.75, 3.05) is 13.6 Å². The highest BCUT2D eigenvalue weighted by Crippen LogP contribution is 2.57. The average Bonchev–Trinajstić information content (AvgIpc) is 2.87. The lowest BCUT2D eigenvalue weighted by Crippen LogP contribution is -2.37. The smallest absolute Gasteiger partial charge is 0.223 e. The summed E-state index contributed by atoms with van der Waals surface area (Å²) < 4.78 is 26.9. The number of rotatable bonds is 5. The fraction of sp³-hybridized carbons (Fsp3) is 0.650. The van der Waals surface area contributed by atoms with Crippen molar-refractivity contribution in [3.8, 4) is 0 Å². The second-order valence-electron chi connectivity index (χ2n) is 8.47. The van der Waals surface area contributed by atoms with E-state index in [-0.39, 0.29) is 24.3 Å². The zero-order valence-corrected chi connectivity index (χ0v) is 15.5. The third-order valence-electron chi connectivity index (χ3n) is 6.75. The Morgan fingerprint density at radius 3 is 2.56 bits per heavy atom. The van der Waals surface area contributed by atoms with Crippen molar-refractivity contribution in [3.63, 3.8) is 0 Å². The van der Waals surface area contributed by atoms with Crippen molar-refractivity contribution < 1.29 is 13.6 Å². The number of carbonyl (C=O) groups is 1. The molecule has 4 unspecified atom stereocenters. The van der Waals surface area contributed by atoms with E-state index in [9.17, 15) is 13.6 Å². The van der Waals surface area contributed by atoms with Gasteiger partial charge in [-0.05, 0) is 53.4 Å². The van der Waals surface area contributed by atoms with E-state index in [0.29, 0.717) is 23.7 Å². The standard InChI is InChI=1S/C20H28F2N2O/c1-11-15(20(11,2)3)10-24(4)19(25)9-18(23)13-6-5-12-7-16(21)17(22)8-14(12)13/h7-8,11,13,15,18H,5-6,9-10,23H2,1-4H3. The van der Waals surface area contributed by atoms with Crippen LogP contribution in [0.4, 0.5) is 8.78 Å². The molecule has 2 aliphatic rings. The minimum absolute atomic E-state index is 0.0263. The first-order chi connectivity index (χ1) is 11.6. The Kier molecular flexibility index (Phi) is 4.65. The minimum atomic E-state index is -0.841. The third-order valence-corrected chi connectivity index (χ3v) is 6.75. The molecular weight excluding hydrogens is 322 g/mol. The molecule has 1 aromatic rings. The Morgan fingerprint density at radius 1 is 1.36 bits per heavy atom. The molecule has 0 heterocycles. The first-order valence-electron chi connectivity index (χ1n) is 9.10. The maximum atomic E-state index is 13.6. The van der Waals surface area contributed by atoms with Gasteiger partial charge in [-0.2, -0.15) is 0 Å². The SMILES string of the molecule is CC1C(CN(C)C(=O)CC(N)C2CCc3cc(F)c(F)cc32)C1(C)C. The van der Waals surface area contributed by atoms with Crippen LogP contribution in [-0.4, -0.2) is 30.4 Å². The van der Waals surface area contributed by atoms with E-state index in [4.69, 9.17) is 5.73 Å². The van der Waals surface area contributed by atoms with Crippen molar-refractivity contribution in [1.29, 1.82) is 0 Å². The van der Waals surface area contributed by atoms with Gasteiger partial charge in [0.05, 0.1) is 0 Å². The average molecular weight is 350 g/mol. The number of hydrogen-bond donors (Lipinski definition) is 1. The highest BCUT2D eigenvalue weighted by Gasteiger charge is 2.54. The summed E-state index contributed by atoms with van der Waals surface area (Å²) in [6, 6.07) is 2.15. The fourth-order valence-corrected chi connectivity index (χ4v) is 4.38. The normalized spacial score (nSPS) is 27.7. The molecule has 25 heavy (non-hydrogen) atoms. The van der Waals surface area contributed by atoms with Crippen molar-refractivity contribution in [1.82, 2.24) is 4.90 Å². The molecule has 5 heteroatoms. The maximum absolute atomic E-state index is 13.6. The van der Waals surface area contributed by atoms with Crippen LogP contribution in [0, 0.1) is 28.9 Å². The lowest BCUT2D eigenvalue weighted by Gasteiger charge is -2.24. The zero-order valence-electron chi connectivity index (χ0n) is 15.5. The van der Waals surface area contributed by atoms with Gasteiger partial charge in [-0.1, -0.05) is 20.8 Å². The number of hydrogen-bond acceptors (Lipinski definition) is 2. The summed E-state index contributed by atoms with van der Waals surface area (Å²) in [5.41, 5.74) is 8.15. The summed E-state index contributed by atoms with van der Waals surface area (Å²) >= 11 is 0. The number of benzene rings is 1. The van der Waals surface area contributed by atoms with E-state index in [1.54, 1.807) is 4.90 Å². The van der Waals surface area contributed by atoms with E-state index in [1.165, 1.54) is 12.1 Å². The molecule has 2 aliphatic carbocycles. The van der Waals surface area contributed by atoms with Crippen molar-refractivity contribution >= 4 is 5.91 Å². The zero-order chi connectivity index (χ0) is 18.5. The summed E-state index contributed by atoms with van der Waals surface area (Å²) in [5.74, 6) is -0.564. The van der Waals surface area contributed by atoms with Crippen LogP contribution in [0.25, 0.3) is 0 Å². The second-order valence-corrected chi connectivity index (χ2v) is 8.47. The number of fused-ring (bicyclic) bond motifs is 1. The van der Waals surface area contributed by atoms with E-state index in [2.05, 4.69) is 20.8 Å². The number of halogens is 2. The van der Waals surface area contributed by atoms with Crippen molar-refractivity contribution in [2.45, 2.75) is 52.0 Å². The highest BCUT2D eigenvalue weighted by atomic mass is 19.2. The number of nitrogens with zero attached hydrogens (tertiary/aromatic N) is 1. The van der Waals surface area contributed by atoms with E-state index < -0.39 is 11.6 Å². The first-order valence-corrected chi connectivity index (χ1v) is 9.10. The van der Waals surface area contributed by atoms with E-state index in [0.717, 1.165) is 24.1 Å². The van der Waals surface area contributed by atoms with Gasteiger partial charge in [-0.15, -0.1) is 0 Å². The van der Waals surface area contributed by atoms with Gasteiger partial charge < -0.3 is 10.6 Å². The third kappa shape index (κ3) is 3.31. The molecule has 3 nitrogen and oxygen atoms in total. The van der Waals surface area contributed by atoms with Crippen LogP contribution in [0.15, 0.2) is 12.1 Å². The monoisotopic (exact) mass is 350 g/mol. The van der Waals surface area contributed by atoms with Gasteiger partial charge in [0.1, 0.15) is 0 Å². The summed E-state index contributed by atoms with van der Waals surface area (Å²) in [6.45, 7) is 7.43. The Morgan fingerprint density at radius 2 is 1.96 bits per heavy atom. The molecule has 138 valence electrons. The Labute approximate surface area is 148 Å². The van der Waals surface area contributed by atoms with Crippen molar-refractivity contribution in [2.24, 2.45) is 23.0 Å². The first kappa shape index (κ1) is 18.3. The molecule has 1 fully saturated rings. The van der Waals surface area contributed by atoms with Crippen LogP contribution < -0.4 is 5.73 Å². The Bertz CT molecular complexity index is 689. The molecule has 1 saturated carbocycles. The number of carbonyl (C=O) groups excluding carboxylic acids is 1. The van der Waals surface area contributed by atoms with Crippen LogP contribution in [0.5, 0.6) is 0 Å². The van der Waals surface area contributed by atoms with Gasteiger partial charge in [-0.3, -0.25) is 4.79 Å². The quantitative estimate of drug-likeness (QED) is 0.884. The number of aryl methyl sites for hydroxylation is 1.